The molecule has 1 unspecified atom stereocenters. The summed E-state index contributed by atoms with van der Waals surface area (Å²) in [6.07, 6.45) is 73.2. The minimum atomic E-state index is -0.790. The zero-order valence-corrected chi connectivity index (χ0v) is 45.6. The Labute approximate surface area is 427 Å². The van der Waals surface area contributed by atoms with Gasteiger partial charge in [0.25, 0.3) is 0 Å². The maximum atomic E-state index is 12.9. The number of carbonyl (C=O) groups excluding carboxylic acids is 3. The van der Waals surface area contributed by atoms with Crippen molar-refractivity contribution in [3.63, 3.8) is 0 Å². The molecule has 1 atom stereocenters. The van der Waals surface area contributed by atoms with Crippen molar-refractivity contribution in [2.45, 2.75) is 297 Å². The Balaban J connectivity index is 4.43. The highest BCUT2D eigenvalue weighted by atomic mass is 16.6. The van der Waals surface area contributed by atoms with Crippen LogP contribution in [0.2, 0.25) is 0 Å². The molecule has 0 spiro atoms. The Hall–Kier alpha value is -3.15. The number of hydrogen-bond acceptors (Lipinski definition) is 6. The molecule has 0 saturated carbocycles. The van der Waals surface area contributed by atoms with E-state index in [9.17, 15) is 14.4 Å². The van der Waals surface area contributed by atoms with E-state index in [2.05, 4.69) is 93.7 Å². The highest BCUT2D eigenvalue weighted by molar-refractivity contribution is 5.71. The number of ether oxygens (including phenoxy) is 3. The second-order valence-electron chi connectivity index (χ2n) is 19.5. The summed E-state index contributed by atoms with van der Waals surface area (Å²) in [5.41, 5.74) is 0. The smallest absolute Gasteiger partial charge is 0.306 e. The van der Waals surface area contributed by atoms with Crippen LogP contribution >= 0.6 is 0 Å². The van der Waals surface area contributed by atoms with Gasteiger partial charge >= 0.3 is 17.9 Å². The summed E-state index contributed by atoms with van der Waals surface area (Å²) in [6.45, 7) is 6.52. The Morgan fingerprint density at radius 1 is 0.304 bits per heavy atom. The lowest BCUT2D eigenvalue weighted by Gasteiger charge is -2.18. The predicted octanol–water partition coefficient (Wildman–Crippen LogP) is 19.8. The van der Waals surface area contributed by atoms with Gasteiger partial charge in [0.2, 0.25) is 0 Å². The van der Waals surface area contributed by atoms with Crippen molar-refractivity contribution >= 4 is 17.9 Å². The molecule has 0 aromatic carbocycles. The van der Waals surface area contributed by atoms with Gasteiger partial charge in [-0.3, -0.25) is 14.4 Å². The summed E-state index contributed by atoms with van der Waals surface area (Å²) in [7, 11) is 0. The van der Waals surface area contributed by atoms with E-state index in [0.717, 1.165) is 96.3 Å². The van der Waals surface area contributed by atoms with Crippen molar-refractivity contribution in [1.82, 2.24) is 0 Å². The number of rotatable bonds is 53. The third-order valence-corrected chi connectivity index (χ3v) is 12.7. The molecule has 0 bridgehead atoms. The highest BCUT2D eigenvalue weighted by Crippen LogP contribution is 2.16. The molecule has 0 aromatic heterocycles. The first kappa shape index (κ1) is 65.8. The van der Waals surface area contributed by atoms with E-state index < -0.39 is 6.10 Å². The topological polar surface area (TPSA) is 78.9 Å². The number of esters is 3. The first-order valence-corrected chi connectivity index (χ1v) is 29.4. The maximum Gasteiger partial charge on any atom is 0.306 e. The van der Waals surface area contributed by atoms with Gasteiger partial charge < -0.3 is 14.2 Å². The van der Waals surface area contributed by atoms with Crippen LogP contribution in [0.4, 0.5) is 0 Å². The standard InChI is InChI=1S/C63H110O6/c1-4-7-10-13-16-19-22-25-28-30-31-33-35-38-41-44-47-50-53-56-62(65)68-59-60(58-67-61(64)55-52-49-46-43-40-37-34-27-24-21-18-15-12-9-6-3)69-63(66)57-54-51-48-45-42-39-36-32-29-26-23-20-17-14-11-8-5-2/h7,10,16,19,25-26,28-29,31,33,38,41,60H,4-6,8-9,11-15,17-18,20-24,27,30,32,34-37,39-40,42-59H2,1-3H3/b10-7-,19-16-,28-25-,29-26-,33-31-,41-38-. The molecule has 0 saturated heterocycles. The van der Waals surface area contributed by atoms with Crippen LogP contribution in [0.1, 0.15) is 290 Å². The number of allylic oxidation sites excluding steroid dienone is 12. The number of unbranched alkanes of at least 4 members (excludes halogenated alkanes) is 30. The van der Waals surface area contributed by atoms with E-state index in [0.29, 0.717) is 19.3 Å². The minimum Gasteiger partial charge on any atom is -0.462 e. The molecule has 0 rings (SSSR count). The summed E-state index contributed by atoms with van der Waals surface area (Å²) in [5.74, 6) is -0.912. The molecular weight excluding hydrogens is 853 g/mol. The Bertz CT molecular complexity index is 1290. The van der Waals surface area contributed by atoms with Crippen molar-refractivity contribution in [1.29, 1.82) is 0 Å². The second-order valence-corrected chi connectivity index (χ2v) is 19.5. The fourth-order valence-corrected chi connectivity index (χ4v) is 8.29. The normalized spacial score (nSPS) is 12.6. The molecule has 69 heavy (non-hydrogen) atoms. The second kappa shape index (κ2) is 57.4. The zero-order chi connectivity index (χ0) is 50.0. The van der Waals surface area contributed by atoms with Crippen LogP contribution in [0.3, 0.4) is 0 Å². The Kier molecular flexibility index (Phi) is 54.8. The third-order valence-electron chi connectivity index (χ3n) is 12.7. The zero-order valence-electron chi connectivity index (χ0n) is 45.6. The molecule has 398 valence electrons. The third kappa shape index (κ3) is 55.6. The van der Waals surface area contributed by atoms with Crippen molar-refractivity contribution in [3.05, 3.63) is 72.9 Å². The number of carbonyl (C=O) groups is 3. The molecule has 0 amide bonds. The van der Waals surface area contributed by atoms with Crippen LogP contribution in [0.15, 0.2) is 72.9 Å². The molecule has 0 aliphatic rings. The molecule has 6 heteroatoms. The molecule has 0 aliphatic heterocycles. The molecule has 0 heterocycles. The van der Waals surface area contributed by atoms with E-state index in [-0.39, 0.29) is 31.1 Å². The monoisotopic (exact) mass is 963 g/mol. The largest absolute Gasteiger partial charge is 0.462 e. The van der Waals surface area contributed by atoms with Gasteiger partial charge in [-0.05, 0) is 89.9 Å². The number of hydrogen-bond donors (Lipinski definition) is 0. The van der Waals surface area contributed by atoms with Gasteiger partial charge in [0.05, 0.1) is 0 Å². The van der Waals surface area contributed by atoms with Crippen molar-refractivity contribution in [2.24, 2.45) is 0 Å². The fraction of sp³-hybridized carbons (Fsp3) is 0.762. The van der Waals surface area contributed by atoms with Crippen LogP contribution in [0.25, 0.3) is 0 Å². The van der Waals surface area contributed by atoms with E-state index in [1.807, 2.05) is 0 Å². The summed E-state index contributed by atoms with van der Waals surface area (Å²) in [6, 6.07) is 0. The summed E-state index contributed by atoms with van der Waals surface area (Å²) >= 11 is 0. The predicted molar refractivity (Wildman–Crippen MR) is 298 cm³/mol. The first-order valence-electron chi connectivity index (χ1n) is 29.4. The van der Waals surface area contributed by atoms with E-state index in [1.54, 1.807) is 0 Å². The van der Waals surface area contributed by atoms with Crippen molar-refractivity contribution < 1.29 is 28.6 Å². The Morgan fingerprint density at radius 3 is 0.913 bits per heavy atom. The van der Waals surface area contributed by atoms with E-state index >= 15 is 0 Å². The van der Waals surface area contributed by atoms with E-state index in [1.165, 1.54) is 154 Å². The quantitative estimate of drug-likeness (QED) is 0.0262. The molecule has 0 N–H and O–H groups in total. The highest BCUT2D eigenvalue weighted by Gasteiger charge is 2.19. The SMILES string of the molecule is CC/C=C\C/C=C\C/C=C\C/C=C\C/C=C\CCCCCC(=O)OCC(COC(=O)CCCCCCCCCCCCCCCCC)OC(=O)CCCCCCCCC/C=C\CCCCCCCC. The lowest BCUT2D eigenvalue weighted by molar-refractivity contribution is -0.167. The van der Waals surface area contributed by atoms with Gasteiger partial charge in [-0.25, -0.2) is 0 Å². The van der Waals surface area contributed by atoms with Gasteiger partial charge in [0.15, 0.2) is 6.10 Å². The molecule has 0 aliphatic carbocycles. The molecule has 0 radical (unpaired) electrons. The van der Waals surface area contributed by atoms with Crippen LogP contribution in [-0.4, -0.2) is 37.2 Å². The summed E-state index contributed by atoms with van der Waals surface area (Å²) in [4.78, 5) is 38.2. The molecule has 0 aromatic rings. The lowest BCUT2D eigenvalue weighted by atomic mass is 10.0. The van der Waals surface area contributed by atoms with Gasteiger partial charge in [0.1, 0.15) is 13.2 Å². The van der Waals surface area contributed by atoms with Gasteiger partial charge in [-0.2, -0.15) is 0 Å². The molecule has 6 nitrogen and oxygen atoms in total. The summed E-state index contributed by atoms with van der Waals surface area (Å²) in [5, 5.41) is 0. The van der Waals surface area contributed by atoms with E-state index in [4.69, 9.17) is 14.2 Å². The summed E-state index contributed by atoms with van der Waals surface area (Å²) < 4.78 is 16.9. The van der Waals surface area contributed by atoms with Crippen LogP contribution in [-0.2, 0) is 28.6 Å². The van der Waals surface area contributed by atoms with Crippen molar-refractivity contribution in [2.75, 3.05) is 13.2 Å². The first-order chi connectivity index (χ1) is 34.0. The average molecular weight is 964 g/mol. The average Bonchev–Trinajstić information content (AvgIpc) is 3.35. The van der Waals surface area contributed by atoms with Gasteiger partial charge in [-0.15, -0.1) is 0 Å². The van der Waals surface area contributed by atoms with Crippen LogP contribution < -0.4 is 0 Å². The van der Waals surface area contributed by atoms with Gasteiger partial charge in [0, 0.05) is 19.3 Å². The fourth-order valence-electron chi connectivity index (χ4n) is 8.29. The van der Waals surface area contributed by atoms with Crippen LogP contribution in [0.5, 0.6) is 0 Å². The van der Waals surface area contributed by atoms with Crippen molar-refractivity contribution in [3.8, 4) is 0 Å². The lowest BCUT2D eigenvalue weighted by Crippen LogP contribution is -2.30. The molecule has 0 fully saturated rings. The Morgan fingerprint density at radius 2 is 0.565 bits per heavy atom. The van der Waals surface area contributed by atoms with Gasteiger partial charge in [-0.1, -0.05) is 254 Å². The minimum absolute atomic E-state index is 0.0852. The molecular formula is C63H110O6. The maximum absolute atomic E-state index is 12.9. The van der Waals surface area contributed by atoms with Crippen LogP contribution in [0, 0.1) is 0 Å².